The van der Waals surface area contributed by atoms with Gasteiger partial charge in [0.2, 0.25) is 0 Å². The van der Waals surface area contributed by atoms with Crippen LogP contribution in [-0.2, 0) is 11.2 Å². The Bertz CT molecular complexity index is 566. The molecule has 0 spiro atoms. The average Bonchev–Trinajstić information content (AvgIpc) is 2.69. The molecule has 0 aliphatic carbocycles. The lowest BCUT2D eigenvalue weighted by Crippen LogP contribution is -1.99. The van der Waals surface area contributed by atoms with Crippen molar-refractivity contribution in [3.63, 3.8) is 0 Å². The fraction of sp³-hybridized carbons (Fsp3) is 0.182. The monoisotopic (exact) mass is 295 g/mol. The highest BCUT2D eigenvalue weighted by atomic mass is 79.9. The minimum absolute atomic E-state index is 0.118. The quantitative estimate of drug-likeness (QED) is 0.940. The van der Waals surface area contributed by atoms with Gasteiger partial charge in [-0.15, -0.1) is 5.10 Å². The summed E-state index contributed by atoms with van der Waals surface area (Å²) in [4.78, 5) is 10.5. The first-order chi connectivity index (χ1) is 8.06. The lowest BCUT2D eigenvalue weighted by Gasteiger charge is -2.02. The van der Waals surface area contributed by atoms with Crippen LogP contribution in [0.25, 0.3) is 5.69 Å². The van der Waals surface area contributed by atoms with Crippen LogP contribution in [0.2, 0.25) is 0 Å². The SMILES string of the molecule is Cc1ccc(-n2cc(CC(=O)O)nn2)cc1Br. The van der Waals surface area contributed by atoms with Crippen molar-refractivity contribution in [1.82, 2.24) is 15.0 Å². The molecule has 0 aliphatic rings. The first-order valence-electron chi connectivity index (χ1n) is 4.96. The molecular formula is C11H10BrN3O2. The lowest BCUT2D eigenvalue weighted by atomic mass is 10.2. The van der Waals surface area contributed by atoms with Gasteiger partial charge in [-0.25, -0.2) is 4.68 Å². The fourth-order valence-corrected chi connectivity index (χ4v) is 1.75. The number of halogens is 1. The first-order valence-corrected chi connectivity index (χ1v) is 5.75. The van der Waals surface area contributed by atoms with E-state index in [0.29, 0.717) is 5.69 Å². The van der Waals surface area contributed by atoms with Crippen molar-refractivity contribution in [2.75, 3.05) is 0 Å². The van der Waals surface area contributed by atoms with E-state index >= 15 is 0 Å². The van der Waals surface area contributed by atoms with Crippen LogP contribution < -0.4 is 0 Å². The van der Waals surface area contributed by atoms with Gasteiger partial charge in [-0.2, -0.15) is 0 Å². The lowest BCUT2D eigenvalue weighted by molar-refractivity contribution is -0.136. The first kappa shape index (κ1) is 11.8. The molecule has 1 heterocycles. The van der Waals surface area contributed by atoms with Gasteiger partial charge in [0.05, 0.1) is 24.0 Å². The third-order valence-corrected chi connectivity index (χ3v) is 3.15. The van der Waals surface area contributed by atoms with Gasteiger partial charge >= 0.3 is 5.97 Å². The summed E-state index contributed by atoms with van der Waals surface area (Å²) in [5.41, 5.74) is 2.40. The third kappa shape index (κ3) is 2.71. The summed E-state index contributed by atoms with van der Waals surface area (Å²) in [7, 11) is 0. The Morgan fingerprint density at radius 3 is 2.94 bits per heavy atom. The predicted octanol–water partition coefficient (Wildman–Crippen LogP) is 1.97. The van der Waals surface area contributed by atoms with Gasteiger partial charge in [0.25, 0.3) is 0 Å². The number of nitrogens with zero attached hydrogens (tertiary/aromatic N) is 3. The molecule has 5 nitrogen and oxygen atoms in total. The molecule has 0 amide bonds. The molecule has 1 aromatic heterocycles. The molecule has 1 N–H and O–H groups in total. The molecule has 0 fully saturated rings. The van der Waals surface area contributed by atoms with Crippen LogP contribution in [0.15, 0.2) is 28.9 Å². The summed E-state index contributed by atoms with van der Waals surface area (Å²) in [6, 6.07) is 5.77. The normalized spacial score (nSPS) is 10.5. The number of aliphatic carboxylic acids is 1. The Balaban J connectivity index is 2.30. The third-order valence-electron chi connectivity index (χ3n) is 2.29. The van der Waals surface area contributed by atoms with Gasteiger partial charge in [0.1, 0.15) is 0 Å². The summed E-state index contributed by atoms with van der Waals surface area (Å²) < 4.78 is 2.54. The van der Waals surface area contributed by atoms with Crippen LogP contribution in [0.5, 0.6) is 0 Å². The molecule has 17 heavy (non-hydrogen) atoms. The van der Waals surface area contributed by atoms with Crippen molar-refractivity contribution >= 4 is 21.9 Å². The van der Waals surface area contributed by atoms with Gasteiger partial charge in [-0.05, 0) is 24.6 Å². The van der Waals surface area contributed by atoms with Crippen molar-refractivity contribution in [1.29, 1.82) is 0 Å². The second-order valence-corrected chi connectivity index (χ2v) is 4.51. The minimum Gasteiger partial charge on any atom is -0.481 e. The number of carbonyl (C=O) groups is 1. The molecule has 6 heteroatoms. The van der Waals surface area contributed by atoms with E-state index in [2.05, 4.69) is 26.2 Å². The number of hydrogen-bond acceptors (Lipinski definition) is 3. The molecule has 0 aliphatic heterocycles. The second kappa shape index (κ2) is 4.67. The van der Waals surface area contributed by atoms with E-state index in [1.165, 1.54) is 0 Å². The maximum absolute atomic E-state index is 10.5. The predicted molar refractivity (Wildman–Crippen MR) is 65.1 cm³/mol. The summed E-state index contributed by atoms with van der Waals surface area (Å²) in [5, 5.41) is 16.3. The van der Waals surface area contributed by atoms with Crippen molar-refractivity contribution in [3.05, 3.63) is 40.1 Å². The van der Waals surface area contributed by atoms with E-state index in [0.717, 1.165) is 15.7 Å². The van der Waals surface area contributed by atoms with Crippen LogP contribution >= 0.6 is 15.9 Å². The van der Waals surface area contributed by atoms with E-state index < -0.39 is 5.97 Å². The zero-order valence-corrected chi connectivity index (χ0v) is 10.7. The summed E-state index contributed by atoms with van der Waals surface area (Å²) in [6.07, 6.45) is 1.50. The van der Waals surface area contributed by atoms with Crippen molar-refractivity contribution in [3.8, 4) is 5.69 Å². The molecule has 0 unspecified atom stereocenters. The van der Waals surface area contributed by atoms with Crippen LogP contribution in [0.3, 0.4) is 0 Å². The van der Waals surface area contributed by atoms with E-state index in [1.807, 2.05) is 25.1 Å². The Labute approximate surface area is 106 Å². The van der Waals surface area contributed by atoms with Crippen molar-refractivity contribution in [2.45, 2.75) is 13.3 Å². The summed E-state index contributed by atoms with van der Waals surface area (Å²) >= 11 is 3.43. The molecule has 0 saturated heterocycles. The molecule has 0 radical (unpaired) electrons. The fourth-order valence-electron chi connectivity index (χ4n) is 1.38. The zero-order chi connectivity index (χ0) is 12.4. The summed E-state index contributed by atoms with van der Waals surface area (Å²) in [6.45, 7) is 1.99. The van der Waals surface area contributed by atoms with Gasteiger partial charge < -0.3 is 5.11 Å². The highest BCUT2D eigenvalue weighted by Crippen LogP contribution is 2.19. The number of aromatic nitrogens is 3. The number of hydrogen-bond donors (Lipinski definition) is 1. The Hall–Kier alpha value is -1.69. The van der Waals surface area contributed by atoms with Gasteiger partial charge in [-0.3, -0.25) is 4.79 Å². The van der Waals surface area contributed by atoms with Crippen LogP contribution in [-0.4, -0.2) is 26.1 Å². The Kier molecular flexibility index (Phi) is 3.23. The molecule has 2 aromatic rings. The maximum atomic E-state index is 10.5. The van der Waals surface area contributed by atoms with Crippen molar-refractivity contribution in [2.24, 2.45) is 0 Å². The zero-order valence-electron chi connectivity index (χ0n) is 9.09. The van der Waals surface area contributed by atoms with Gasteiger partial charge in [0.15, 0.2) is 0 Å². The molecule has 0 atom stereocenters. The van der Waals surface area contributed by atoms with Crippen LogP contribution in [0.1, 0.15) is 11.3 Å². The highest BCUT2D eigenvalue weighted by Gasteiger charge is 2.07. The van der Waals surface area contributed by atoms with Gasteiger partial charge in [0, 0.05) is 4.47 Å². The second-order valence-electron chi connectivity index (χ2n) is 3.66. The molecule has 1 aromatic carbocycles. The number of aryl methyl sites for hydroxylation is 1. The van der Waals surface area contributed by atoms with E-state index in [1.54, 1.807) is 10.9 Å². The molecular weight excluding hydrogens is 286 g/mol. The van der Waals surface area contributed by atoms with Crippen molar-refractivity contribution < 1.29 is 9.90 Å². The molecule has 0 bridgehead atoms. The topological polar surface area (TPSA) is 68.0 Å². The molecule has 2 rings (SSSR count). The Morgan fingerprint density at radius 1 is 1.53 bits per heavy atom. The number of carboxylic acid groups (broad SMARTS) is 1. The number of rotatable bonds is 3. The number of benzene rings is 1. The number of carboxylic acids is 1. The van der Waals surface area contributed by atoms with Crippen LogP contribution in [0, 0.1) is 6.92 Å². The van der Waals surface area contributed by atoms with E-state index in [-0.39, 0.29) is 6.42 Å². The minimum atomic E-state index is -0.915. The summed E-state index contributed by atoms with van der Waals surface area (Å²) in [5.74, 6) is -0.915. The molecule has 88 valence electrons. The largest absolute Gasteiger partial charge is 0.481 e. The Morgan fingerprint density at radius 2 is 2.29 bits per heavy atom. The highest BCUT2D eigenvalue weighted by molar-refractivity contribution is 9.10. The smallest absolute Gasteiger partial charge is 0.309 e. The molecule has 0 saturated carbocycles. The van der Waals surface area contributed by atoms with Crippen LogP contribution in [0.4, 0.5) is 0 Å². The average molecular weight is 296 g/mol. The van der Waals surface area contributed by atoms with E-state index in [4.69, 9.17) is 5.11 Å². The maximum Gasteiger partial charge on any atom is 0.309 e. The van der Waals surface area contributed by atoms with Gasteiger partial charge in [-0.1, -0.05) is 27.2 Å². The standard InChI is InChI=1S/C11H10BrN3O2/c1-7-2-3-9(5-10(7)12)15-6-8(13-14-15)4-11(16)17/h2-3,5-6H,4H2,1H3,(H,16,17). The van der Waals surface area contributed by atoms with E-state index in [9.17, 15) is 4.79 Å².